The maximum absolute atomic E-state index is 11.4. The molecule has 0 bridgehead atoms. The van der Waals surface area contributed by atoms with Gasteiger partial charge in [-0.2, -0.15) is 0 Å². The fraction of sp³-hybridized carbons (Fsp3) is 0.364. The summed E-state index contributed by atoms with van der Waals surface area (Å²) in [4.78, 5) is 11.4. The number of hydrogen-bond donors (Lipinski definition) is 1. The Kier molecular flexibility index (Phi) is 2.87. The summed E-state index contributed by atoms with van der Waals surface area (Å²) in [5.74, 6) is -0.125. The SMILES string of the molecule is COC(=O)c1occc1C1=CCNCC1. The van der Waals surface area contributed by atoms with Crippen molar-refractivity contribution in [1.29, 1.82) is 0 Å². The molecule has 0 saturated heterocycles. The number of methoxy groups -OCH3 is 1. The minimum atomic E-state index is -0.422. The van der Waals surface area contributed by atoms with E-state index in [2.05, 4.69) is 16.1 Å². The quantitative estimate of drug-likeness (QED) is 0.745. The largest absolute Gasteiger partial charge is 0.463 e. The molecule has 0 fully saturated rings. The smallest absolute Gasteiger partial charge is 0.374 e. The molecular weight excluding hydrogens is 194 g/mol. The zero-order valence-electron chi connectivity index (χ0n) is 8.58. The fourth-order valence-corrected chi connectivity index (χ4v) is 1.68. The molecule has 1 aromatic rings. The lowest BCUT2D eigenvalue weighted by Crippen LogP contribution is -2.20. The van der Waals surface area contributed by atoms with Crippen molar-refractivity contribution in [3.63, 3.8) is 0 Å². The third-order valence-corrected chi connectivity index (χ3v) is 2.45. The van der Waals surface area contributed by atoms with Crippen molar-refractivity contribution in [2.45, 2.75) is 6.42 Å². The Balaban J connectivity index is 2.31. The predicted octanol–water partition coefficient (Wildman–Crippen LogP) is 1.44. The second-order valence-electron chi connectivity index (χ2n) is 3.34. The van der Waals surface area contributed by atoms with Gasteiger partial charge in [0, 0.05) is 12.1 Å². The fourth-order valence-electron chi connectivity index (χ4n) is 1.68. The first-order valence-electron chi connectivity index (χ1n) is 4.89. The van der Waals surface area contributed by atoms with Gasteiger partial charge in [0.15, 0.2) is 0 Å². The van der Waals surface area contributed by atoms with E-state index in [-0.39, 0.29) is 0 Å². The van der Waals surface area contributed by atoms with Crippen molar-refractivity contribution in [2.24, 2.45) is 0 Å². The van der Waals surface area contributed by atoms with Gasteiger partial charge in [-0.1, -0.05) is 6.08 Å². The van der Waals surface area contributed by atoms with Crippen LogP contribution in [-0.4, -0.2) is 26.2 Å². The number of ether oxygens (including phenoxy) is 1. The summed E-state index contributed by atoms with van der Waals surface area (Å²) >= 11 is 0. The van der Waals surface area contributed by atoms with Crippen molar-refractivity contribution in [1.82, 2.24) is 5.32 Å². The van der Waals surface area contributed by atoms with Gasteiger partial charge < -0.3 is 14.5 Å². The first-order chi connectivity index (χ1) is 7.33. The van der Waals surface area contributed by atoms with Crippen LogP contribution >= 0.6 is 0 Å². The van der Waals surface area contributed by atoms with Gasteiger partial charge in [-0.25, -0.2) is 4.79 Å². The molecule has 0 aliphatic carbocycles. The van der Waals surface area contributed by atoms with E-state index in [0.717, 1.165) is 30.6 Å². The van der Waals surface area contributed by atoms with Crippen molar-refractivity contribution < 1.29 is 13.9 Å². The monoisotopic (exact) mass is 207 g/mol. The third-order valence-electron chi connectivity index (χ3n) is 2.45. The lowest BCUT2D eigenvalue weighted by molar-refractivity contribution is 0.0564. The second-order valence-corrected chi connectivity index (χ2v) is 3.34. The first-order valence-corrected chi connectivity index (χ1v) is 4.89. The summed E-state index contributed by atoms with van der Waals surface area (Å²) in [6.45, 7) is 1.76. The highest BCUT2D eigenvalue weighted by Crippen LogP contribution is 2.24. The zero-order valence-corrected chi connectivity index (χ0v) is 8.58. The lowest BCUT2D eigenvalue weighted by atomic mass is 10.0. The van der Waals surface area contributed by atoms with Gasteiger partial charge in [-0.05, 0) is 24.6 Å². The number of esters is 1. The topological polar surface area (TPSA) is 51.5 Å². The minimum absolute atomic E-state index is 0.297. The van der Waals surface area contributed by atoms with E-state index < -0.39 is 5.97 Å². The van der Waals surface area contributed by atoms with Crippen LogP contribution in [0, 0.1) is 0 Å². The number of carbonyl (C=O) groups excluding carboxylic acids is 1. The molecule has 1 aliphatic heterocycles. The van der Waals surface area contributed by atoms with Crippen molar-refractivity contribution >= 4 is 11.5 Å². The molecular formula is C11H13NO3. The van der Waals surface area contributed by atoms with Gasteiger partial charge in [0.1, 0.15) is 0 Å². The maximum atomic E-state index is 11.4. The Morgan fingerprint density at radius 2 is 2.47 bits per heavy atom. The Bertz CT molecular complexity index is 392. The average molecular weight is 207 g/mol. The van der Waals surface area contributed by atoms with Gasteiger partial charge in [-0.3, -0.25) is 0 Å². The van der Waals surface area contributed by atoms with Crippen LogP contribution in [0.2, 0.25) is 0 Å². The Morgan fingerprint density at radius 3 is 3.13 bits per heavy atom. The molecule has 0 amide bonds. The van der Waals surface area contributed by atoms with E-state index in [0.29, 0.717) is 5.76 Å². The van der Waals surface area contributed by atoms with Gasteiger partial charge in [0.05, 0.1) is 13.4 Å². The van der Waals surface area contributed by atoms with E-state index in [1.54, 1.807) is 0 Å². The predicted molar refractivity (Wildman–Crippen MR) is 55.5 cm³/mol. The molecule has 0 spiro atoms. The highest BCUT2D eigenvalue weighted by Gasteiger charge is 2.19. The van der Waals surface area contributed by atoms with Crippen molar-refractivity contribution in [3.8, 4) is 0 Å². The van der Waals surface area contributed by atoms with Crippen LogP contribution in [0.25, 0.3) is 5.57 Å². The maximum Gasteiger partial charge on any atom is 0.374 e. The number of nitrogens with one attached hydrogen (secondary N) is 1. The van der Waals surface area contributed by atoms with E-state index in [1.165, 1.54) is 13.4 Å². The van der Waals surface area contributed by atoms with E-state index in [4.69, 9.17) is 4.42 Å². The van der Waals surface area contributed by atoms with Gasteiger partial charge in [0.25, 0.3) is 0 Å². The van der Waals surface area contributed by atoms with Crippen molar-refractivity contribution in [3.05, 3.63) is 29.7 Å². The molecule has 2 rings (SSSR count). The molecule has 0 unspecified atom stereocenters. The van der Waals surface area contributed by atoms with Gasteiger partial charge >= 0.3 is 5.97 Å². The molecule has 80 valence electrons. The Hall–Kier alpha value is -1.55. The van der Waals surface area contributed by atoms with Crippen LogP contribution in [0.15, 0.2) is 22.8 Å². The number of furan rings is 1. The summed E-state index contributed by atoms with van der Waals surface area (Å²) in [5, 5.41) is 3.22. The van der Waals surface area contributed by atoms with Gasteiger partial charge in [0.2, 0.25) is 5.76 Å². The van der Waals surface area contributed by atoms with Crippen molar-refractivity contribution in [2.75, 3.05) is 20.2 Å². The summed E-state index contributed by atoms with van der Waals surface area (Å²) in [5.41, 5.74) is 1.99. The first kappa shape index (κ1) is 9.98. The molecule has 15 heavy (non-hydrogen) atoms. The second kappa shape index (κ2) is 4.31. The summed E-state index contributed by atoms with van der Waals surface area (Å²) in [6.07, 6.45) is 4.49. The molecule has 0 aromatic carbocycles. The van der Waals surface area contributed by atoms with E-state index in [1.807, 2.05) is 6.07 Å². The third kappa shape index (κ3) is 1.94. The molecule has 1 aliphatic rings. The number of rotatable bonds is 2. The number of hydrogen-bond acceptors (Lipinski definition) is 4. The van der Waals surface area contributed by atoms with Gasteiger partial charge in [-0.15, -0.1) is 0 Å². The molecule has 0 radical (unpaired) electrons. The van der Waals surface area contributed by atoms with Crippen LogP contribution in [0.3, 0.4) is 0 Å². The van der Waals surface area contributed by atoms with Crippen LogP contribution in [0.1, 0.15) is 22.5 Å². The molecule has 2 heterocycles. The minimum Gasteiger partial charge on any atom is -0.463 e. The molecule has 1 aromatic heterocycles. The summed E-state index contributed by atoms with van der Waals surface area (Å²) < 4.78 is 9.79. The molecule has 0 atom stereocenters. The molecule has 1 N–H and O–H groups in total. The van der Waals surface area contributed by atoms with Crippen LogP contribution < -0.4 is 5.32 Å². The standard InChI is InChI=1S/C11H13NO3/c1-14-11(13)10-9(4-7-15-10)8-2-5-12-6-3-8/h2,4,7,12H,3,5-6H2,1H3. The Morgan fingerprint density at radius 1 is 1.60 bits per heavy atom. The van der Waals surface area contributed by atoms with Crippen LogP contribution in [-0.2, 0) is 4.74 Å². The summed E-state index contributed by atoms with van der Waals surface area (Å²) in [6, 6.07) is 1.81. The molecule has 4 heteroatoms. The Labute approximate surface area is 87.9 Å². The number of carbonyl (C=O) groups is 1. The lowest BCUT2D eigenvalue weighted by Gasteiger charge is -2.13. The van der Waals surface area contributed by atoms with E-state index in [9.17, 15) is 4.79 Å². The highest BCUT2D eigenvalue weighted by atomic mass is 16.5. The van der Waals surface area contributed by atoms with E-state index >= 15 is 0 Å². The molecule has 4 nitrogen and oxygen atoms in total. The van der Waals surface area contributed by atoms with Crippen LogP contribution in [0.5, 0.6) is 0 Å². The van der Waals surface area contributed by atoms with Crippen LogP contribution in [0.4, 0.5) is 0 Å². The highest BCUT2D eigenvalue weighted by molar-refractivity contribution is 5.92. The summed E-state index contributed by atoms with van der Waals surface area (Å²) in [7, 11) is 1.35. The normalized spacial score (nSPS) is 15.9. The molecule has 0 saturated carbocycles. The zero-order chi connectivity index (χ0) is 10.7. The average Bonchev–Trinajstić information content (AvgIpc) is 2.78.